The van der Waals surface area contributed by atoms with E-state index >= 15 is 0 Å². The van der Waals surface area contributed by atoms with Crippen molar-refractivity contribution in [3.63, 3.8) is 0 Å². The molecule has 0 aliphatic carbocycles. The number of amides is 2. The lowest BCUT2D eigenvalue weighted by Gasteiger charge is -2.23. The van der Waals surface area contributed by atoms with Gasteiger partial charge in [-0.15, -0.1) is 23.1 Å². The monoisotopic (exact) mass is 325 g/mol. The third-order valence-corrected chi connectivity index (χ3v) is 5.03. The van der Waals surface area contributed by atoms with Crippen molar-refractivity contribution in [3.05, 3.63) is 22.7 Å². The standard InChI is InChI=1S/C14H19N3O2S2/c1-4-5-9(2)13(19)17-8-20-7-11(17)12(18)16-14-15-10(3)6-21-14/h5-6,11H,4,7-8H2,1-3H3,(H,15,16,18)/b9-5-/t11-/m1/s1. The molecule has 0 saturated carbocycles. The van der Waals surface area contributed by atoms with Crippen LogP contribution < -0.4 is 5.32 Å². The van der Waals surface area contributed by atoms with E-state index in [2.05, 4.69) is 10.3 Å². The van der Waals surface area contributed by atoms with E-state index in [1.165, 1.54) is 11.3 Å². The van der Waals surface area contributed by atoms with Crippen LogP contribution >= 0.6 is 23.1 Å². The lowest BCUT2D eigenvalue weighted by atomic mass is 10.2. The van der Waals surface area contributed by atoms with Crippen molar-refractivity contribution in [2.24, 2.45) is 0 Å². The summed E-state index contributed by atoms with van der Waals surface area (Å²) in [6, 6.07) is -0.424. The molecular weight excluding hydrogens is 306 g/mol. The molecule has 1 fully saturated rings. The highest BCUT2D eigenvalue weighted by molar-refractivity contribution is 7.99. The Hall–Kier alpha value is -1.34. The average Bonchev–Trinajstić information content (AvgIpc) is 3.07. The first-order chi connectivity index (χ1) is 10.0. The summed E-state index contributed by atoms with van der Waals surface area (Å²) in [7, 11) is 0. The second-order valence-corrected chi connectivity index (χ2v) is 6.73. The quantitative estimate of drug-likeness (QED) is 0.865. The summed E-state index contributed by atoms with van der Waals surface area (Å²) in [5.74, 6) is 0.966. The van der Waals surface area contributed by atoms with Crippen molar-refractivity contribution in [1.82, 2.24) is 9.88 Å². The van der Waals surface area contributed by atoms with E-state index in [0.717, 1.165) is 12.1 Å². The topological polar surface area (TPSA) is 62.3 Å². The number of rotatable bonds is 4. The summed E-state index contributed by atoms with van der Waals surface area (Å²) in [6.07, 6.45) is 2.71. The van der Waals surface area contributed by atoms with Gasteiger partial charge in [0.25, 0.3) is 5.91 Å². The number of carbonyl (C=O) groups excluding carboxylic acids is 2. The van der Waals surface area contributed by atoms with E-state index in [0.29, 0.717) is 22.3 Å². The maximum atomic E-state index is 12.4. The summed E-state index contributed by atoms with van der Waals surface area (Å²) < 4.78 is 0. The van der Waals surface area contributed by atoms with Crippen LogP contribution in [0.15, 0.2) is 17.0 Å². The number of anilines is 1. The van der Waals surface area contributed by atoms with Crippen LogP contribution in [0.25, 0.3) is 0 Å². The van der Waals surface area contributed by atoms with Crippen molar-refractivity contribution in [2.45, 2.75) is 33.2 Å². The zero-order valence-electron chi connectivity index (χ0n) is 12.4. The van der Waals surface area contributed by atoms with E-state index in [1.807, 2.05) is 25.3 Å². The molecule has 1 aliphatic rings. The first kappa shape index (κ1) is 16.0. The number of carbonyl (C=O) groups is 2. The van der Waals surface area contributed by atoms with Gasteiger partial charge in [-0.3, -0.25) is 9.59 Å². The molecule has 0 bridgehead atoms. The highest BCUT2D eigenvalue weighted by Gasteiger charge is 2.35. The fraction of sp³-hybridized carbons (Fsp3) is 0.500. The molecule has 114 valence electrons. The Morgan fingerprint density at radius 2 is 2.33 bits per heavy atom. The lowest BCUT2D eigenvalue weighted by Crippen LogP contribution is -2.44. The Kier molecular flexibility index (Phi) is 5.41. The van der Waals surface area contributed by atoms with Crippen LogP contribution in [0.3, 0.4) is 0 Å². The minimum atomic E-state index is -0.424. The predicted octanol–water partition coefficient (Wildman–Crippen LogP) is 2.65. The molecule has 1 aliphatic heterocycles. The molecule has 0 unspecified atom stereocenters. The van der Waals surface area contributed by atoms with Gasteiger partial charge in [0, 0.05) is 16.7 Å². The van der Waals surface area contributed by atoms with Crippen LogP contribution in [0.5, 0.6) is 0 Å². The Bertz CT molecular complexity index is 568. The fourth-order valence-electron chi connectivity index (χ4n) is 2.08. The van der Waals surface area contributed by atoms with Crippen molar-refractivity contribution in [3.8, 4) is 0 Å². The summed E-state index contributed by atoms with van der Waals surface area (Å²) in [6.45, 7) is 5.67. The molecule has 1 N–H and O–H groups in total. The number of aromatic nitrogens is 1. The third-order valence-electron chi connectivity index (χ3n) is 3.14. The first-order valence-electron chi connectivity index (χ1n) is 6.81. The van der Waals surface area contributed by atoms with Crippen LogP contribution in [-0.4, -0.2) is 39.4 Å². The van der Waals surface area contributed by atoms with Gasteiger partial charge in [-0.2, -0.15) is 0 Å². The number of thiazole rings is 1. The zero-order valence-corrected chi connectivity index (χ0v) is 14.0. The van der Waals surface area contributed by atoms with Crippen molar-refractivity contribution in [2.75, 3.05) is 16.9 Å². The average molecular weight is 325 g/mol. The molecule has 0 aromatic carbocycles. The van der Waals surface area contributed by atoms with Crippen LogP contribution in [0.4, 0.5) is 5.13 Å². The smallest absolute Gasteiger partial charge is 0.250 e. The first-order valence-corrected chi connectivity index (χ1v) is 8.84. The lowest BCUT2D eigenvalue weighted by molar-refractivity contribution is -0.133. The van der Waals surface area contributed by atoms with Crippen LogP contribution in [0, 0.1) is 6.92 Å². The van der Waals surface area contributed by atoms with E-state index < -0.39 is 6.04 Å². The van der Waals surface area contributed by atoms with Crippen molar-refractivity contribution >= 4 is 40.0 Å². The second kappa shape index (κ2) is 7.09. The summed E-state index contributed by atoms with van der Waals surface area (Å²) in [5, 5.41) is 5.27. The van der Waals surface area contributed by atoms with Crippen LogP contribution in [-0.2, 0) is 9.59 Å². The van der Waals surface area contributed by atoms with Gasteiger partial charge in [0.2, 0.25) is 5.91 Å². The minimum absolute atomic E-state index is 0.0580. The van der Waals surface area contributed by atoms with Gasteiger partial charge in [0.15, 0.2) is 5.13 Å². The Morgan fingerprint density at radius 3 is 2.95 bits per heavy atom. The number of hydrogen-bond acceptors (Lipinski definition) is 5. The molecule has 7 heteroatoms. The number of allylic oxidation sites excluding steroid dienone is 1. The third kappa shape index (κ3) is 3.85. The van der Waals surface area contributed by atoms with Gasteiger partial charge in [-0.25, -0.2) is 4.98 Å². The van der Waals surface area contributed by atoms with Crippen LogP contribution in [0.1, 0.15) is 26.0 Å². The zero-order chi connectivity index (χ0) is 15.4. The number of thioether (sulfide) groups is 1. The molecule has 5 nitrogen and oxygen atoms in total. The number of nitrogens with zero attached hydrogens (tertiary/aromatic N) is 2. The van der Waals surface area contributed by atoms with Gasteiger partial charge in [-0.1, -0.05) is 13.0 Å². The maximum absolute atomic E-state index is 12.4. The Labute approximate surface area is 132 Å². The van der Waals surface area contributed by atoms with Crippen molar-refractivity contribution < 1.29 is 9.59 Å². The predicted molar refractivity (Wildman–Crippen MR) is 87.5 cm³/mol. The number of nitrogens with one attached hydrogen (secondary N) is 1. The number of hydrogen-bond donors (Lipinski definition) is 1. The molecule has 2 rings (SSSR count). The van der Waals surface area contributed by atoms with E-state index in [1.54, 1.807) is 23.6 Å². The molecule has 1 atom stereocenters. The van der Waals surface area contributed by atoms with Crippen LogP contribution in [0.2, 0.25) is 0 Å². The highest BCUT2D eigenvalue weighted by atomic mass is 32.2. The molecule has 2 heterocycles. The maximum Gasteiger partial charge on any atom is 0.250 e. The molecule has 1 saturated heterocycles. The molecule has 1 aromatic heterocycles. The van der Waals surface area contributed by atoms with Gasteiger partial charge >= 0.3 is 0 Å². The molecule has 0 radical (unpaired) electrons. The van der Waals surface area contributed by atoms with E-state index in [-0.39, 0.29) is 11.8 Å². The molecule has 2 amide bonds. The van der Waals surface area contributed by atoms with Gasteiger partial charge in [0.05, 0.1) is 11.6 Å². The molecule has 21 heavy (non-hydrogen) atoms. The number of aryl methyl sites for hydroxylation is 1. The molecular formula is C14H19N3O2S2. The van der Waals surface area contributed by atoms with Gasteiger partial charge in [0.1, 0.15) is 6.04 Å². The fourth-order valence-corrected chi connectivity index (χ4v) is 3.93. The minimum Gasteiger partial charge on any atom is -0.317 e. The SMILES string of the molecule is CC/C=C(/C)C(=O)N1CSC[C@@H]1C(=O)Nc1nc(C)cs1. The second-order valence-electron chi connectivity index (χ2n) is 4.87. The summed E-state index contributed by atoms with van der Waals surface area (Å²) in [5.41, 5.74) is 1.58. The molecule has 0 spiro atoms. The molecule has 1 aromatic rings. The Balaban J connectivity index is 2.05. The van der Waals surface area contributed by atoms with E-state index in [9.17, 15) is 9.59 Å². The largest absolute Gasteiger partial charge is 0.317 e. The normalized spacial score (nSPS) is 18.9. The summed E-state index contributed by atoms with van der Waals surface area (Å²) >= 11 is 2.99. The van der Waals surface area contributed by atoms with Gasteiger partial charge < -0.3 is 10.2 Å². The highest BCUT2D eigenvalue weighted by Crippen LogP contribution is 2.24. The van der Waals surface area contributed by atoms with E-state index in [4.69, 9.17) is 0 Å². The Morgan fingerprint density at radius 1 is 1.57 bits per heavy atom. The summed E-state index contributed by atoms with van der Waals surface area (Å²) in [4.78, 5) is 30.6. The van der Waals surface area contributed by atoms with Gasteiger partial charge in [-0.05, 0) is 20.3 Å². The van der Waals surface area contributed by atoms with Crippen molar-refractivity contribution in [1.29, 1.82) is 0 Å².